The number of nitrogens with zero attached hydrogens (tertiary/aromatic N) is 6. The first-order chi connectivity index (χ1) is 40.7. The number of anilines is 6. The monoisotopic (exact) mass is 1050 g/mol. The highest BCUT2D eigenvalue weighted by molar-refractivity contribution is 6.21. The average Bonchev–Trinajstić information content (AvgIpc) is 3.23. The summed E-state index contributed by atoms with van der Waals surface area (Å²) < 4.78 is 4.38. The van der Waals surface area contributed by atoms with E-state index in [0.29, 0.717) is 0 Å². The lowest BCUT2D eigenvalue weighted by atomic mass is 9.86. The van der Waals surface area contributed by atoms with E-state index in [1.807, 2.05) is 24.3 Å². The Hall–Kier alpha value is -11.1. The number of para-hydroxylation sites is 2. The molecule has 0 bridgehead atoms. The third kappa shape index (κ3) is 8.54. The number of benzene rings is 11. The fraction of sp³-hybridized carbons (Fsp3) is 0. The molecule has 0 unspecified atom stereocenters. The van der Waals surface area contributed by atoms with Gasteiger partial charge in [0, 0.05) is 68.8 Å². The number of aromatic nitrogens is 4. The zero-order chi connectivity index (χ0) is 54.3. The quantitative estimate of drug-likeness (QED) is 0.114. The molecule has 0 fully saturated rings. The molecule has 0 saturated heterocycles. The van der Waals surface area contributed by atoms with Gasteiger partial charge in [0.15, 0.2) is 0 Å². The molecule has 6 heteroatoms. The summed E-state index contributed by atoms with van der Waals surface area (Å²) >= 11 is 0. The van der Waals surface area contributed by atoms with Gasteiger partial charge in [-0.15, -0.1) is 0 Å². The Bertz CT molecular complexity index is 4380. The Morgan fingerprint density at radius 2 is 0.488 bits per heavy atom. The molecular formula is C76H52N6. The molecule has 386 valence electrons. The maximum absolute atomic E-state index is 5.10. The van der Waals surface area contributed by atoms with Crippen LogP contribution in [0.2, 0.25) is 0 Å². The molecule has 6 nitrogen and oxygen atoms in total. The number of hydrogen-bond donors (Lipinski definition) is 0. The van der Waals surface area contributed by atoms with Gasteiger partial charge in [0.25, 0.3) is 0 Å². The van der Waals surface area contributed by atoms with Crippen LogP contribution < -0.4 is 9.80 Å². The Morgan fingerprint density at radius 3 is 0.817 bits per heavy atom. The van der Waals surface area contributed by atoms with E-state index in [2.05, 4.69) is 310 Å². The van der Waals surface area contributed by atoms with Crippen LogP contribution in [-0.4, -0.2) is 18.8 Å². The van der Waals surface area contributed by atoms with E-state index in [9.17, 15) is 0 Å². The second-order valence-corrected chi connectivity index (χ2v) is 20.6. The van der Waals surface area contributed by atoms with E-state index in [1.54, 1.807) is 0 Å². The van der Waals surface area contributed by atoms with Crippen molar-refractivity contribution < 1.29 is 0 Å². The Labute approximate surface area is 476 Å². The molecule has 4 aromatic heterocycles. The highest BCUT2D eigenvalue weighted by Gasteiger charge is 2.22. The van der Waals surface area contributed by atoms with E-state index in [0.717, 1.165) is 102 Å². The third-order valence-electron chi connectivity index (χ3n) is 15.7. The molecule has 0 amide bonds. The SMILES string of the molecule is c1ccc(-c2nc3ccccn3c2-c2ccc(N(c3ccccc3)c3ccc(-c4c5ccccc5c(-c5ccc(N(c6ccccc6)c6ccc(-c7c(-c8ccccc8)nc8ccccn78)cc6)cc5)c5ccccc45)cc3)cc2)cc1. The van der Waals surface area contributed by atoms with Gasteiger partial charge in [-0.2, -0.15) is 0 Å². The van der Waals surface area contributed by atoms with Crippen molar-refractivity contribution in [3.8, 4) is 67.3 Å². The van der Waals surface area contributed by atoms with Gasteiger partial charge in [-0.1, -0.05) is 206 Å². The highest BCUT2D eigenvalue weighted by Crippen LogP contribution is 2.46. The predicted octanol–water partition coefficient (Wildman–Crippen LogP) is 20.2. The van der Waals surface area contributed by atoms with E-state index in [4.69, 9.17) is 9.97 Å². The Kier molecular flexibility index (Phi) is 12.1. The van der Waals surface area contributed by atoms with Crippen LogP contribution in [0.5, 0.6) is 0 Å². The number of fused-ring (bicyclic) bond motifs is 4. The second-order valence-electron chi connectivity index (χ2n) is 20.6. The van der Waals surface area contributed by atoms with Crippen LogP contribution in [0, 0.1) is 0 Å². The van der Waals surface area contributed by atoms with Gasteiger partial charge in [0.1, 0.15) is 11.3 Å². The molecule has 0 aliphatic heterocycles. The van der Waals surface area contributed by atoms with Crippen molar-refractivity contribution in [1.29, 1.82) is 0 Å². The van der Waals surface area contributed by atoms with E-state index in [-0.39, 0.29) is 0 Å². The first-order valence-electron chi connectivity index (χ1n) is 27.8. The molecule has 15 aromatic rings. The van der Waals surface area contributed by atoms with Gasteiger partial charge in [0.2, 0.25) is 0 Å². The van der Waals surface area contributed by atoms with Crippen LogP contribution in [0.4, 0.5) is 34.1 Å². The van der Waals surface area contributed by atoms with Gasteiger partial charge >= 0.3 is 0 Å². The van der Waals surface area contributed by atoms with Crippen LogP contribution in [0.1, 0.15) is 0 Å². The molecule has 15 rings (SSSR count). The first kappa shape index (κ1) is 48.1. The Morgan fingerprint density at radius 1 is 0.220 bits per heavy atom. The summed E-state index contributed by atoms with van der Waals surface area (Å²) in [5.41, 5.74) is 21.4. The van der Waals surface area contributed by atoms with Gasteiger partial charge in [0.05, 0.1) is 22.8 Å². The Balaban J connectivity index is 0.779. The summed E-state index contributed by atoms with van der Waals surface area (Å²) in [5, 5.41) is 4.83. The number of pyridine rings is 2. The van der Waals surface area contributed by atoms with Crippen LogP contribution in [0.3, 0.4) is 0 Å². The summed E-state index contributed by atoms with van der Waals surface area (Å²) in [5.74, 6) is 0. The van der Waals surface area contributed by atoms with Crippen LogP contribution in [-0.2, 0) is 0 Å². The summed E-state index contributed by atoms with van der Waals surface area (Å²) in [6.07, 6.45) is 4.20. The van der Waals surface area contributed by atoms with Crippen LogP contribution in [0.15, 0.2) is 316 Å². The van der Waals surface area contributed by atoms with Crippen molar-refractivity contribution in [2.75, 3.05) is 9.80 Å². The fourth-order valence-corrected chi connectivity index (χ4v) is 12.0. The number of hydrogen-bond acceptors (Lipinski definition) is 4. The van der Waals surface area contributed by atoms with Crippen molar-refractivity contribution in [2.24, 2.45) is 0 Å². The molecule has 0 aliphatic rings. The second kappa shape index (κ2) is 20.6. The van der Waals surface area contributed by atoms with Crippen molar-refractivity contribution in [3.05, 3.63) is 316 Å². The largest absolute Gasteiger partial charge is 0.311 e. The van der Waals surface area contributed by atoms with Gasteiger partial charge in [-0.05, 0) is 141 Å². The predicted molar refractivity (Wildman–Crippen MR) is 341 cm³/mol. The maximum atomic E-state index is 5.10. The number of rotatable bonds is 12. The zero-order valence-corrected chi connectivity index (χ0v) is 44.7. The molecule has 82 heavy (non-hydrogen) atoms. The first-order valence-corrected chi connectivity index (χ1v) is 27.8. The average molecular weight is 1050 g/mol. The zero-order valence-electron chi connectivity index (χ0n) is 44.7. The molecule has 0 spiro atoms. The normalized spacial score (nSPS) is 11.4. The fourth-order valence-electron chi connectivity index (χ4n) is 12.0. The number of imidazole rings is 2. The minimum Gasteiger partial charge on any atom is -0.311 e. The maximum Gasteiger partial charge on any atom is 0.137 e. The van der Waals surface area contributed by atoms with Gasteiger partial charge < -0.3 is 9.80 Å². The van der Waals surface area contributed by atoms with Gasteiger partial charge in [-0.3, -0.25) is 8.80 Å². The highest BCUT2D eigenvalue weighted by atomic mass is 15.1. The molecule has 0 atom stereocenters. The van der Waals surface area contributed by atoms with Crippen molar-refractivity contribution in [3.63, 3.8) is 0 Å². The summed E-state index contributed by atoms with van der Waals surface area (Å²) in [6.45, 7) is 0. The lowest BCUT2D eigenvalue weighted by Gasteiger charge is -2.26. The molecule has 0 saturated carbocycles. The molecule has 0 N–H and O–H groups in total. The van der Waals surface area contributed by atoms with E-state index in [1.165, 1.54) is 32.7 Å². The van der Waals surface area contributed by atoms with E-state index >= 15 is 0 Å². The summed E-state index contributed by atoms with van der Waals surface area (Å²) in [6, 6.07) is 108. The lowest BCUT2D eigenvalue weighted by molar-refractivity contribution is 1.19. The van der Waals surface area contributed by atoms with Gasteiger partial charge in [-0.25, -0.2) is 9.97 Å². The summed E-state index contributed by atoms with van der Waals surface area (Å²) in [7, 11) is 0. The smallest absolute Gasteiger partial charge is 0.137 e. The molecular weight excluding hydrogens is 997 g/mol. The minimum absolute atomic E-state index is 0.917. The molecule has 0 radical (unpaired) electrons. The summed E-state index contributed by atoms with van der Waals surface area (Å²) in [4.78, 5) is 14.9. The van der Waals surface area contributed by atoms with Crippen molar-refractivity contribution >= 4 is 67.0 Å². The van der Waals surface area contributed by atoms with Crippen molar-refractivity contribution in [2.45, 2.75) is 0 Å². The minimum atomic E-state index is 0.917. The molecule has 11 aromatic carbocycles. The van der Waals surface area contributed by atoms with Crippen molar-refractivity contribution in [1.82, 2.24) is 18.8 Å². The third-order valence-corrected chi connectivity index (χ3v) is 15.7. The molecule has 0 aliphatic carbocycles. The molecule has 4 heterocycles. The topological polar surface area (TPSA) is 41.1 Å². The standard InChI is InChI=1S/C76H52N6/c1-5-21-55(22-6-1)73-75(79-51-19-17-33-69(79)77-73)57-39-47-63(48-40-57)81(59-25-9-3-10-26-59)61-43-35-53(36-44-61)71-65-29-13-15-31-67(65)72(68-32-16-14-30-66(68)71)54-37-45-62(46-38-54)82(60-27-11-4-12-28-60)64-49-41-58(42-50-64)76-74(56-23-7-2-8-24-56)78-70-34-18-20-52-80(70)76/h1-52H. The van der Waals surface area contributed by atoms with E-state index < -0.39 is 0 Å². The van der Waals surface area contributed by atoms with Crippen LogP contribution in [0.25, 0.3) is 100 Å². The van der Waals surface area contributed by atoms with Crippen LogP contribution >= 0.6 is 0 Å². The lowest BCUT2D eigenvalue weighted by Crippen LogP contribution is -2.09.